The maximum Gasteiger partial charge on any atom is 0.315 e. The summed E-state index contributed by atoms with van der Waals surface area (Å²) in [5.74, 6) is 0.435. The molecule has 2 aromatic rings. The van der Waals surface area contributed by atoms with Crippen molar-refractivity contribution >= 4 is 17.6 Å². The Morgan fingerprint density at radius 1 is 1.18 bits per heavy atom. The van der Waals surface area contributed by atoms with Crippen LogP contribution in [-0.4, -0.2) is 30.5 Å². The molecular formula is C15H14N2O5. The Balaban J connectivity index is 2.41. The van der Waals surface area contributed by atoms with E-state index in [1.807, 2.05) is 0 Å². The Morgan fingerprint density at radius 2 is 1.91 bits per heavy atom. The largest absolute Gasteiger partial charge is 0.502 e. The number of hydrogen-bond donors (Lipinski definition) is 1. The monoisotopic (exact) mass is 302 g/mol. The van der Waals surface area contributed by atoms with Crippen molar-refractivity contribution in [2.24, 2.45) is 4.99 Å². The smallest absolute Gasteiger partial charge is 0.315 e. The van der Waals surface area contributed by atoms with Crippen LogP contribution < -0.4 is 9.47 Å². The van der Waals surface area contributed by atoms with Crippen LogP contribution in [-0.2, 0) is 0 Å². The van der Waals surface area contributed by atoms with Crippen LogP contribution >= 0.6 is 0 Å². The van der Waals surface area contributed by atoms with Crippen LogP contribution in [0.3, 0.4) is 0 Å². The minimum absolute atomic E-state index is 0.189. The molecule has 114 valence electrons. The minimum atomic E-state index is -0.680. The minimum Gasteiger partial charge on any atom is -0.502 e. The number of rotatable bonds is 5. The van der Waals surface area contributed by atoms with Crippen LogP contribution in [0.15, 0.2) is 41.4 Å². The number of methoxy groups -OCH3 is 2. The van der Waals surface area contributed by atoms with E-state index in [-0.39, 0.29) is 11.3 Å². The van der Waals surface area contributed by atoms with Gasteiger partial charge in [-0.1, -0.05) is 6.07 Å². The van der Waals surface area contributed by atoms with Gasteiger partial charge in [-0.3, -0.25) is 15.1 Å². The van der Waals surface area contributed by atoms with Crippen LogP contribution in [0.2, 0.25) is 0 Å². The van der Waals surface area contributed by atoms with Crippen molar-refractivity contribution in [3.63, 3.8) is 0 Å². The third-order valence-electron chi connectivity index (χ3n) is 2.93. The lowest BCUT2D eigenvalue weighted by Crippen LogP contribution is -1.94. The molecule has 0 amide bonds. The molecule has 7 nitrogen and oxygen atoms in total. The fourth-order valence-corrected chi connectivity index (χ4v) is 1.80. The molecule has 0 aliphatic heterocycles. The number of phenols is 1. The van der Waals surface area contributed by atoms with E-state index in [0.717, 1.165) is 6.07 Å². The summed E-state index contributed by atoms with van der Waals surface area (Å²) in [6.45, 7) is 0. The number of aromatic hydroxyl groups is 1. The Hall–Kier alpha value is -3.09. The molecule has 0 aliphatic carbocycles. The molecule has 22 heavy (non-hydrogen) atoms. The Kier molecular flexibility index (Phi) is 4.57. The molecule has 0 radical (unpaired) electrons. The van der Waals surface area contributed by atoms with Gasteiger partial charge in [0.25, 0.3) is 0 Å². The molecule has 0 heterocycles. The lowest BCUT2D eigenvalue weighted by molar-refractivity contribution is -0.385. The summed E-state index contributed by atoms with van der Waals surface area (Å²) in [7, 11) is 2.93. The Labute approximate surface area is 126 Å². The molecule has 0 bridgehead atoms. The summed E-state index contributed by atoms with van der Waals surface area (Å²) < 4.78 is 10.1. The first-order valence-electron chi connectivity index (χ1n) is 6.28. The standard InChI is InChI=1S/C15H14N2O5/c1-21-12-5-3-4-11(7-12)16-9-10-6-13(22-2)8-14(15(10)18)17(19)20/h3-9,18H,1-2H3. The lowest BCUT2D eigenvalue weighted by Gasteiger charge is -2.05. The molecule has 0 fully saturated rings. The van der Waals surface area contributed by atoms with Gasteiger partial charge in [0.15, 0.2) is 0 Å². The van der Waals surface area contributed by atoms with Gasteiger partial charge in [0.1, 0.15) is 11.5 Å². The molecule has 1 N–H and O–H groups in total. The van der Waals surface area contributed by atoms with E-state index in [4.69, 9.17) is 9.47 Å². The molecule has 0 saturated heterocycles. The maximum atomic E-state index is 10.9. The van der Waals surface area contributed by atoms with Gasteiger partial charge in [-0.2, -0.15) is 0 Å². The second-order valence-electron chi connectivity index (χ2n) is 4.30. The number of hydrogen-bond acceptors (Lipinski definition) is 6. The highest BCUT2D eigenvalue weighted by molar-refractivity contribution is 5.88. The SMILES string of the molecule is COc1cccc(N=Cc2cc(OC)cc([N+](=O)[O-])c2O)c1. The second-order valence-corrected chi connectivity index (χ2v) is 4.30. The van der Waals surface area contributed by atoms with E-state index >= 15 is 0 Å². The van der Waals surface area contributed by atoms with Crippen molar-refractivity contribution in [2.45, 2.75) is 0 Å². The lowest BCUT2D eigenvalue weighted by atomic mass is 10.1. The van der Waals surface area contributed by atoms with Gasteiger partial charge in [-0.15, -0.1) is 0 Å². The molecule has 0 atom stereocenters. The summed E-state index contributed by atoms with van der Waals surface area (Å²) in [5, 5.41) is 20.9. The van der Waals surface area contributed by atoms with E-state index in [1.165, 1.54) is 19.4 Å². The van der Waals surface area contributed by atoms with E-state index in [9.17, 15) is 15.2 Å². The fraction of sp³-hybridized carbons (Fsp3) is 0.133. The molecule has 0 unspecified atom stereocenters. The molecule has 2 aromatic carbocycles. The fourth-order valence-electron chi connectivity index (χ4n) is 1.80. The zero-order chi connectivity index (χ0) is 16.1. The first kappa shape index (κ1) is 15.3. The number of nitrogens with zero attached hydrogens (tertiary/aromatic N) is 2. The number of phenolic OH excluding ortho intramolecular Hbond substituents is 1. The van der Waals surface area contributed by atoms with Crippen LogP contribution in [0.5, 0.6) is 17.2 Å². The summed E-state index contributed by atoms with van der Waals surface area (Å²) in [6.07, 6.45) is 1.33. The van der Waals surface area contributed by atoms with Gasteiger partial charge >= 0.3 is 5.69 Å². The zero-order valence-electron chi connectivity index (χ0n) is 12.0. The van der Waals surface area contributed by atoms with Gasteiger partial charge in [0.2, 0.25) is 5.75 Å². The van der Waals surface area contributed by atoms with E-state index < -0.39 is 16.4 Å². The first-order chi connectivity index (χ1) is 10.5. The Bertz CT molecular complexity index is 728. The number of ether oxygens (including phenoxy) is 2. The quantitative estimate of drug-likeness (QED) is 0.520. The van der Waals surface area contributed by atoms with Gasteiger partial charge < -0.3 is 14.6 Å². The van der Waals surface area contributed by atoms with Crippen LogP contribution in [0.4, 0.5) is 11.4 Å². The molecule has 0 spiro atoms. The molecule has 7 heteroatoms. The topological polar surface area (TPSA) is 94.2 Å². The van der Waals surface area contributed by atoms with Crippen molar-refractivity contribution in [2.75, 3.05) is 14.2 Å². The van der Waals surface area contributed by atoms with Gasteiger partial charge in [-0.25, -0.2) is 0 Å². The van der Waals surface area contributed by atoms with Gasteiger partial charge in [-0.05, 0) is 18.2 Å². The predicted molar refractivity (Wildman–Crippen MR) is 81.6 cm³/mol. The Morgan fingerprint density at radius 3 is 2.55 bits per heavy atom. The van der Waals surface area contributed by atoms with Crippen LogP contribution in [0.25, 0.3) is 0 Å². The van der Waals surface area contributed by atoms with E-state index in [2.05, 4.69) is 4.99 Å². The highest BCUT2D eigenvalue weighted by Crippen LogP contribution is 2.33. The molecule has 0 saturated carbocycles. The predicted octanol–water partition coefficient (Wildman–Crippen LogP) is 3.07. The second kappa shape index (κ2) is 6.57. The maximum absolute atomic E-state index is 10.9. The highest BCUT2D eigenvalue weighted by Gasteiger charge is 2.18. The van der Waals surface area contributed by atoms with E-state index in [0.29, 0.717) is 11.4 Å². The van der Waals surface area contributed by atoms with E-state index in [1.54, 1.807) is 31.4 Å². The third-order valence-corrected chi connectivity index (χ3v) is 2.93. The van der Waals surface area contributed by atoms with Crippen molar-refractivity contribution in [1.82, 2.24) is 0 Å². The molecular weight excluding hydrogens is 288 g/mol. The van der Waals surface area contributed by atoms with Crippen LogP contribution in [0.1, 0.15) is 5.56 Å². The van der Waals surface area contributed by atoms with Crippen LogP contribution in [0, 0.1) is 10.1 Å². The molecule has 0 aliphatic rings. The summed E-state index contributed by atoms with van der Waals surface area (Å²) >= 11 is 0. The number of nitro benzene ring substituents is 1. The van der Waals surface area contributed by atoms with Gasteiger partial charge in [0.05, 0.1) is 30.9 Å². The number of aliphatic imine (C=N–C) groups is 1. The first-order valence-corrected chi connectivity index (χ1v) is 6.28. The normalized spacial score (nSPS) is 10.6. The van der Waals surface area contributed by atoms with Crippen molar-refractivity contribution in [1.29, 1.82) is 0 Å². The van der Waals surface area contributed by atoms with Crippen molar-refractivity contribution in [3.8, 4) is 17.2 Å². The summed E-state index contributed by atoms with van der Waals surface area (Å²) in [4.78, 5) is 14.4. The zero-order valence-corrected chi connectivity index (χ0v) is 12.0. The number of benzene rings is 2. The summed E-state index contributed by atoms with van der Waals surface area (Å²) in [5.41, 5.74) is 0.338. The van der Waals surface area contributed by atoms with Crippen molar-refractivity contribution in [3.05, 3.63) is 52.1 Å². The molecule has 0 aromatic heterocycles. The summed E-state index contributed by atoms with van der Waals surface area (Å²) in [6, 6.07) is 9.59. The van der Waals surface area contributed by atoms with Gasteiger partial charge in [0, 0.05) is 17.8 Å². The average Bonchev–Trinajstić information content (AvgIpc) is 2.53. The third kappa shape index (κ3) is 3.32. The number of nitro groups is 1. The highest BCUT2D eigenvalue weighted by atomic mass is 16.6. The average molecular weight is 302 g/mol. The van der Waals surface area contributed by atoms with Crippen molar-refractivity contribution < 1.29 is 19.5 Å². The molecule has 2 rings (SSSR count).